The second kappa shape index (κ2) is 10.8. The van der Waals surface area contributed by atoms with Gasteiger partial charge in [0.25, 0.3) is 0 Å². The highest BCUT2D eigenvalue weighted by Crippen LogP contribution is 2.44. The maximum Gasteiger partial charge on any atom is 0.472 e. The molecule has 37 heavy (non-hydrogen) atoms. The fraction of sp³-hybridized carbons (Fsp3) is 0.600. The van der Waals surface area contributed by atoms with Crippen LogP contribution in [0.5, 0.6) is 0 Å². The van der Waals surface area contributed by atoms with E-state index >= 15 is 0 Å². The first-order chi connectivity index (χ1) is 17.7. The summed E-state index contributed by atoms with van der Waals surface area (Å²) in [5.74, 6) is 1.03. The van der Waals surface area contributed by atoms with E-state index in [1.54, 1.807) is 6.08 Å². The Morgan fingerprint density at radius 2 is 2.08 bits per heavy atom. The zero-order chi connectivity index (χ0) is 26.2. The van der Waals surface area contributed by atoms with Crippen molar-refractivity contribution >= 4 is 42.6 Å². The maximum absolute atomic E-state index is 12.3. The van der Waals surface area contributed by atoms with Crippen molar-refractivity contribution in [3.63, 3.8) is 0 Å². The van der Waals surface area contributed by atoms with Gasteiger partial charge in [-0.25, -0.2) is 24.3 Å². The van der Waals surface area contributed by atoms with Crippen LogP contribution in [-0.4, -0.2) is 95.3 Å². The van der Waals surface area contributed by atoms with Gasteiger partial charge in [0.15, 0.2) is 17.7 Å². The molecule has 7 N–H and O–H groups in total. The number of carbonyl (C=O) groups excluding carboxylic acids is 1. The Bertz CT molecular complexity index is 1220. The van der Waals surface area contributed by atoms with E-state index in [1.165, 1.54) is 17.2 Å². The highest BCUT2D eigenvalue weighted by molar-refractivity contribution is 8.00. The van der Waals surface area contributed by atoms with Crippen LogP contribution in [0.4, 0.5) is 10.6 Å². The summed E-state index contributed by atoms with van der Waals surface area (Å²) >= 11 is 1.81. The molecule has 0 aromatic carbocycles. The predicted molar refractivity (Wildman–Crippen MR) is 131 cm³/mol. The van der Waals surface area contributed by atoms with Gasteiger partial charge in [-0.05, 0) is 12.8 Å². The van der Waals surface area contributed by atoms with E-state index in [2.05, 4.69) is 25.6 Å². The normalized spacial score (nSPS) is 33.1. The number of phosphoric ester groups is 1. The van der Waals surface area contributed by atoms with E-state index in [-0.39, 0.29) is 30.5 Å². The van der Waals surface area contributed by atoms with Crippen molar-refractivity contribution in [2.45, 2.75) is 54.7 Å². The van der Waals surface area contributed by atoms with Crippen molar-refractivity contribution in [1.29, 1.82) is 0 Å². The quantitative estimate of drug-likeness (QED) is 0.125. The van der Waals surface area contributed by atoms with Gasteiger partial charge in [0, 0.05) is 11.0 Å². The van der Waals surface area contributed by atoms with Gasteiger partial charge in [0.05, 0.1) is 31.6 Å². The third-order valence-corrected chi connectivity index (χ3v) is 8.92. The van der Waals surface area contributed by atoms with Crippen molar-refractivity contribution in [2.75, 3.05) is 24.7 Å². The highest BCUT2D eigenvalue weighted by atomic mass is 32.2. The van der Waals surface area contributed by atoms with Crippen molar-refractivity contribution < 1.29 is 38.3 Å². The summed E-state index contributed by atoms with van der Waals surface area (Å²) in [7, 11) is -4.45. The van der Waals surface area contributed by atoms with Crippen LogP contribution in [0.25, 0.3) is 11.2 Å². The molecule has 0 spiro atoms. The number of nitrogens with zero attached hydrogens (tertiary/aromatic N) is 4. The molecule has 3 aliphatic heterocycles. The molecule has 8 atom stereocenters. The Hall–Kier alpha value is -2.30. The van der Waals surface area contributed by atoms with Crippen LogP contribution in [0.3, 0.4) is 0 Å². The molecule has 2 aromatic rings. The number of hydrogen-bond donors (Lipinski definition) is 6. The molecule has 3 saturated heterocycles. The predicted octanol–water partition coefficient (Wildman–Crippen LogP) is -0.337. The summed E-state index contributed by atoms with van der Waals surface area (Å²) in [6, 6.07) is 0.162. The van der Waals surface area contributed by atoms with Crippen LogP contribution < -0.4 is 16.4 Å². The Labute approximate surface area is 215 Å². The van der Waals surface area contributed by atoms with Gasteiger partial charge in [0.1, 0.15) is 30.2 Å². The summed E-state index contributed by atoms with van der Waals surface area (Å²) in [5.41, 5.74) is 6.38. The minimum absolute atomic E-state index is 0.124. The summed E-state index contributed by atoms with van der Waals surface area (Å²) in [6.45, 7) is -0.658. The number of aliphatic hydroxyl groups is 2. The lowest BCUT2D eigenvalue weighted by atomic mass is 10.0. The maximum atomic E-state index is 12.3. The number of amides is 2. The molecular formula is C20H28N7O8PS. The number of nitrogens with one attached hydrogen (secondary N) is 2. The van der Waals surface area contributed by atoms with Crippen LogP contribution in [0.2, 0.25) is 0 Å². The SMILES string of the molecule is Nc1ncnc2c1ncn2[C@@H]1O[C@H](COP(=O)(O)OCC=CCC[C@@H]2SC[C@@H]3NC(=O)N[C@@H]32)[C@@H](O)[C@H]1O. The Morgan fingerprint density at radius 1 is 1.24 bits per heavy atom. The lowest BCUT2D eigenvalue weighted by Gasteiger charge is -2.17. The topological polar surface area (TPSA) is 216 Å². The molecule has 0 saturated carbocycles. The molecule has 202 valence electrons. The number of thioether (sulfide) groups is 1. The third kappa shape index (κ3) is 5.61. The number of hydrogen-bond acceptors (Lipinski definition) is 12. The summed E-state index contributed by atoms with van der Waals surface area (Å²) in [5, 5.41) is 27.0. The number of anilines is 1. The summed E-state index contributed by atoms with van der Waals surface area (Å²) in [4.78, 5) is 33.5. The average molecular weight is 558 g/mol. The molecule has 17 heteroatoms. The van der Waals surface area contributed by atoms with Crippen LogP contribution in [0.15, 0.2) is 24.8 Å². The Kier molecular flexibility index (Phi) is 7.70. The molecule has 0 aliphatic carbocycles. The first-order valence-electron chi connectivity index (χ1n) is 11.6. The number of carbonyl (C=O) groups is 1. The molecule has 15 nitrogen and oxygen atoms in total. The van der Waals surface area contributed by atoms with E-state index in [9.17, 15) is 24.5 Å². The van der Waals surface area contributed by atoms with Gasteiger partial charge < -0.3 is 36.2 Å². The van der Waals surface area contributed by atoms with E-state index in [0.717, 1.165) is 18.6 Å². The zero-order valence-electron chi connectivity index (χ0n) is 19.5. The molecule has 0 radical (unpaired) electrons. The summed E-state index contributed by atoms with van der Waals surface area (Å²) < 4.78 is 29.3. The van der Waals surface area contributed by atoms with Crippen molar-refractivity contribution in [3.8, 4) is 0 Å². The van der Waals surface area contributed by atoms with E-state index < -0.39 is 39.0 Å². The molecule has 5 heterocycles. The number of aliphatic hydroxyl groups excluding tert-OH is 2. The molecule has 5 rings (SSSR count). The van der Waals surface area contributed by atoms with Crippen LogP contribution in [0, 0.1) is 0 Å². The van der Waals surface area contributed by atoms with Gasteiger partial charge in [-0.1, -0.05) is 12.2 Å². The number of ether oxygens (including phenoxy) is 1. The fourth-order valence-electron chi connectivity index (χ4n) is 4.58. The van der Waals surface area contributed by atoms with Gasteiger partial charge in [-0.3, -0.25) is 13.6 Å². The van der Waals surface area contributed by atoms with Gasteiger partial charge >= 0.3 is 13.9 Å². The van der Waals surface area contributed by atoms with Gasteiger partial charge in [0.2, 0.25) is 0 Å². The first-order valence-corrected chi connectivity index (χ1v) is 14.2. The fourth-order valence-corrected chi connectivity index (χ4v) is 6.78. The number of aromatic nitrogens is 4. The number of nitrogens with two attached hydrogens (primary N) is 1. The van der Waals surface area contributed by atoms with Crippen LogP contribution >= 0.6 is 19.6 Å². The molecule has 3 fully saturated rings. The Balaban J connectivity index is 1.06. The number of phosphoric acid groups is 1. The van der Waals surface area contributed by atoms with Crippen molar-refractivity contribution in [3.05, 3.63) is 24.8 Å². The largest absolute Gasteiger partial charge is 0.472 e. The zero-order valence-corrected chi connectivity index (χ0v) is 21.2. The first kappa shape index (κ1) is 26.3. The average Bonchev–Trinajstić information content (AvgIpc) is 3.60. The van der Waals surface area contributed by atoms with E-state index in [0.29, 0.717) is 16.4 Å². The number of nitrogen functional groups attached to an aromatic ring is 1. The lowest BCUT2D eigenvalue weighted by Crippen LogP contribution is -2.36. The van der Waals surface area contributed by atoms with Crippen LogP contribution in [0.1, 0.15) is 19.1 Å². The molecule has 1 unspecified atom stereocenters. The lowest BCUT2D eigenvalue weighted by molar-refractivity contribution is -0.0511. The highest BCUT2D eigenvalue weighted by Gasteiger charge is 2.45. The number of allylic oxidation sites excluding steroid dienone is 1. The smallest absolute Gasteiger partial charge is 0.387 e. The summed E-state index contributed by atoms with van der Waals surface area (Å²) in [6.07, 6.45) is 2.62. The third-order valence-electron chi connectivity index (χ3n) is 6.46. The number of imidazole rings is 1. The molecule has 3 aliphatic rings. The van der Waals surface area contributed by atoms with E-state index in [4.69, 9.17) is 19.5 Å². The number of rotatable bonds is 10. The van der Waals surface area contributed by atoms with Crippen LogP contribution in [-0.2, 0) is 18.3 Å². The minimum Gasteiger partial charge on any atom is -0.387 e. The molecule has 2 amide bonds. The monoisotopic (exact) mass is 557 g/mol. The number of urea groups is 1. The standard InChI is InChI=1S/C20H28N7O8PS/c21-17-14-18(23-8-22-17)27(9-24-14)19-16(29)15(28)11(35-19)6-34-36(31,32)33-5-3-1-2-4-12-13-10(7-37-12)25-20(30)26-13/h1,3,8-13,15-16,19,28-29H,2,4-7H2,(H,31,32)(H2,21,22,23)(H2,25,26,30)/t10-,11+,12-,13-,15+,16+,19+/m0/s1. The number of fused-ring (bicyclic) bond motifs is 2. The molecule has 2 aromatic heterocycles. The van der Waals surface area contributed by atoms with E-state index in [1.807, 2.05) is 17.8 Å². The minimum atomic E-state index is -4.45. The van der Waals surface area contributed by atoms with Crippen molar-refractivity contribution in [1.82, 2.24) is 30.2 Å². The molecule has 0 bridgehead atoms. The second-order valence-electron chi connectivity index (χ2n) is 8.86. The van der Waals surface area contributed by atoms with Gasteiger partial charge in [-0.15, -0.1) is 0 Å². The Morgan fingerprint density at radius 3 is 2.92 bits per heavy atom. The van der Waals surface area contributed by atoms with Gasteiger partial charge in [-0.2, -0.15) is 11.8 Å². The van der Waals surface area contributed by atoms with Crippen molar-refractivity contribution in [2.24, 2.45) is 0 Å². The molecular weight excluding hydrogens is 529 g/mol. The second-order valence-corrected chi connectivity index (χ2v) is 11.6.